The van der Waals surface area contributed by atoms with E-state index in [0.29, 0.717) is 6.54 Å². The van der Waals surface area contributed by atoms with Crippen LogP contribution in [0.1, 0.15) is 26.2 Å². The topological polar surface area (TPSA) is 72.6 Å². The second-order valence-corrected chi connectivity index (χ2v) is 6.38. The monoisotopic (exact) mass is 286 g/mol. The number of halogens is 1. The molecule has 1 saturated heterocycles. The Morgan fingerprint density at radius 2 is 2.12 bits per heavy atom. The van der Waals surface area contributed by atoms with Gasteiger partial charge in [0.25, 0.3) is 0 Å². The summed E-state index contributed by atoms with van der Waals surface area (Å²) in [6, 6.07) is -0.159. The van der Waals surface area contributed by atoms with Crippen molar-refractivity contribution >= 4 is 22.4 Å². The summed E-state index contributed by atoms with van der Waals surface area (Å²) in [5.41, 5.74) is 5.85. The van der Waals surface area contributed by atoms with Gasteiger partial charge in [0, 0.05) is 25.7 Å². The van der Waals surface area contributed by atoms with E-state index in [0.717, 1.165) is 19.3 Å². The number of hydrogen-bond donors (Lipinski definition) is 1. The van der Waals surface area contributed by atoms with E-state index in [1.54, 1.807) is 4.31 Å². The fourth-order valence-corrected chi connectivity index (χ4v) is 3.84. The Balaban J connectivity index is 0.00000256. The van der Waals surface area contributed by atoms with Crippen LogP contribution < -0.4 is 5.73 Å². The first kappa shape index (κ1) is 17.1. The molecule has 0 radical (unpaired) electrons. The smallest absolute Gasteiger partial charge is 0.216 e. The third-order valence-electron chi connectivity index (χ3n) is 3.01. The standard InChI is InChI=1S/C10H22N2O3S.ClH/c1-9(11)10-5-3-4-6-12(10)16(13,14)8-7-15-2;/h9-10H,3-8,11H2,1-2H3;1H. The summed E-state index contributed by atoms with van der Waals surface area (Å²) < 4.78 is 30.5. The quantitative estimate of drug-likeness (QED) is 0.803. The summed E-state index contributed by atoms with van der Waals surface area (Å²) in [5.74, 6) is 0.0483. The van der Waals surface area contributed by atoms with Gasteiger partial charge in [-0.3, -0.25) is 0 Å². The van der Waals surface area contributed by atoms with Crippen molar-refractivity contribution in [1.29, 1.82) is 0 Å². The van der Waals surface area contributed by atoms with E-state index in [9.17, 15) is 8.42 Å². The van der Waals surface area contributed by atoms with Crippen molar-refractivity contribution in [3.63, 3.8) is 0 Å². The number of piperidine rings is 1. The molecule has 1 aliphatic rings. The molecule has 0 aliphatic carbocycles. The fraction of sp³-hybridized carbons (Fsp3) is 1.00. The van der Waals surface area contributed by atoms with Gasteiger partial charge >= 0.3 is 0 Å². The average molecular weight is 287 g/mol. The van der Waals surface area contributed by atoms with E-state index >= 15 is 0 Å². The maximum absolute atomic E-state index is 12.0. The van der Waals surface area contributed by atoms with Crippen LogP contribution in [0.3, 0.4) is 0 Å². The van der Waals surface area contributed by atoms with E-state index in [1.807, 2.05) is 6.92 Å². The van der Waals surface area contributed by atoms with Crippen LogP contribution in [0.5, 0.6) is 0 Å². The van der Waals surface area contributed by atoms with Crippen molar-refractivity contribution in [3.05, 3.63) is 0 Å². The highest BCUT2D eigenvalue weighted by molar-refractivity contribution is 7.89. The predicted molar refractivity (Wildman–Crippen MR) is 70.9 cm³/mol. The number of nitrogens with two attached hydrogens (primary N) is 1. The molecule has 1 aliphatic heterocycles. The van der Waals surface area contributed by atoms with Gasteiger partial charge in [-0.25, -0.2) is 8.42 Å². The Hall–Kier alpha value is 0.120. The number of methoxy groups -OCH3 is 1. The molecule has 0 aromatic heterocycles. The van der Waals surface area contributed by atoms with Gasteiger partial charge in [0.2, 0.25) is 10.0 Å². The molecule has 1 heterocycles. The number of hydrogen-bond acceptors (Lipinski definition) is 4. The molecule has 0 saturated carbocycles. The van der Waals surface area contributed by atoms with E-state index in [4.69, 9.17) is 10.5 Å². The van der Waals surface area contributed by atoms with Crippen LogP contribution in [0, 0.1) is 0 Å². The minimum absolute atomic E-state index is 0. The molecule has 2 unspecified atom stereocenters. The predicted octanol–water partition coefficient (Wildman–Crippen LogP) is 0.586. The van der Waals surface area contributed by atoms with Gasteiger partial charge in [-0.1, -0.05) is 6.42 Å². The molecular formula is C10H23ClN2O3S. The van der Waals surface area contributed by atoms with Crippen molar-refractivity contribution in [1.82, 2.24) is 4.31 Å². The normalized spacial score (nSPS) is 24.1. The lowest BCUT2D eigenvalue weighted by molar-refractivity contribution is 0.205. The molecule has 2 atom stereocenters. The van der Waals surface area contributed by atoms with Gasteiger partial charge in [0.15, 0.2) is 0 Å². The van der Waals surface area contributed by atoms with Crippen LogP contribution in [0.2, 0.25) is 0 Å². The van der Waals surface area contributed by atoms with Crippen molar-refractivity contribution in [2.45, 2.75) is 38.3 Å². The van der Waals surface area contributed by atoms with Gasteiger partial charge in [-0.2, -0.15) is 4.31 Å². The van der Waals surface area contributed by atoms with Crippen molar-refractivity contribution in [2.75, 3.05) is 26.0 Å². The molecule has 1 rings (SSSR count). The van der Waals surface area contributed by atoms with Crippen LogP contribution in [0.25, 0.3) is 0 Å². The van der Waals surface area contributed by atoms with Crippen molar-refractivity contribution < 1.29 is 13.2 Å². The Morgan fingerprint density at radius 3 is 2.65 bits per heavy atom. The summed E-state index contributed by atoms with van der Waals surface area (Å²) in [6.45, 7) is 2.71. The van der Waals surface area contributed by atoms with E-state index < -0.39 is 10.0 Å². The fourth-order valence-electron chi connectivity index (χ4n) is 2.11. The Morgan fingerprint density at radius 1 is 1.47 bits per heavy atom. The van der Waals surface area contributed by atoms with E-state index in [-0.39, 0.29) is 36.9 Å². The lowest BCUT2D eigenvalue weighted by Gasteiger charge is -2.36. The summed E-state index contributed by atoms with van der Waals surface area (Å²) in [6.07, 6.45) is 2.85. The SMILES string of the molecule is COCCS(=O)(=O)N1CCCCC1C(C)N.Cl. The first-order valence-corrected chi connectivity index (χ1v) is 7.34. The Labute approximate surface area is 110 Å². The highest BCUT2D eigenvalue weighted by Gasteiger charge is 2.33. The zero-order valence-electron chi connectivity index (χ0n) is 10.5. The third-order valence-corrected chi connectivity index (χ3v) is 4.86. The largest absolute Gasteiger partial charge is 0.384 e. The molecule has 5 nitrogen and oxygen atoms in total. The molecule has 0 aromatic carbocycles. The molecule has 1 fully saturated rings. The lowest BCUT2D eigenvalue weighted by Crippen LogP contribution is -2.52. The highest BCUT2D eigenvalue weighted by atomic mass is 35.5. The highest BCUT2D eigenvalue weighted by Crippen LogP contribution is 2.22. The number of rotatable bonds is 5. The number of sulfonamides is 1. The second kappa shape index (κ2) is 7.53. The van der Waals surface area contributed by atoms with E-state index in [1.165, 1.54) is 7.11 Å². The molecule has 2 N–H and O–H groups in total. The van der Waals surface area contributed by atoms with Crippen LogP contribution in [0.15, 0.2) is 0 Å². The summed E-state index contributed by atoms with van der Waals surface area (Å²) >= 11 is 0. The molecule has 0 amide bonds. The van der Waals surface area contributed by atoms with Crippen LogP contribution in [-0.4, -0.2) is 50.8 Å². The van der Waals surface area contributed by atoms with Crippen LogP contribution in [0.4, 0.5) is 0 Å². The molecule has 104 valence electrons. The van der Waals surface area contributed by atoms with Gasteiger partial charge in [-0.15, -0.1) is 12.4 Å². The first-order chi connectivity index (χ1) is 7.49. The molecule has 17 heavy (non-hydrogen) atoms. The maximum Gasteiger partial charge on any atom is 0.216 e. The molecule has 0 aromatic rings. The van der Waals surface area contributed by atoms with Crippen molar-refractivity contribution in [2.24, 2.45) is 5.73 Å². The Kier molecular flexibility index (Phi) is 7.58. The third kappa shape index (κ3) is 4.71. The Bertz CT molecular complexity index is 309. The minimum atomic E-state index is -3.21. The number of nitrogens with zero attached hydrogens (tertiary/aromatic N) is 1. The number of ether oxygens (including phenoxy) is 1. The van der Waals surface area contributed by atoms with Gasteiger partial charge < -0.3 is 10.5 Å². The van der Waals surface area contributed by atoms with E-state index in [2.05, 4.69) is 0 Å². The van der Waals surface area contributed by atoms with Gasteiger partial charge in [0.1, 0.15) is 0 Å². The minimum Gasteiger partial charge on any atom is -0.384 e. The molecular weight excluding hydrogens is 264 g/mol. The summed E-state index contributed by atoms with van der Waals surface area (Å²) in [4.78, 5) is 0. The van der Waals surface area contributed by atoms with Crippen molar-refractivity contribution in [3.8, 4) is 0 Å². The molecule has 7 heteroatoms. The van der Waals surface area contributed by atoms with Gasteiger partial charge in [-0.05, 0) is 19.8 Å². The van der Waals surface area contributed by atoms with Crippen LogP contribution >= 0.6 is 12.4 Å². The summed E-state index contributed by atoms with van der Waals surface area (Å²) in [7, 11) is -1.70. The maximum atomic E-state index is 12.0. The first-order valence-electron chi connectivity index (χ1n) is 5.73. The zero-order chi connectivity index (χ0) is 12.2. The second-order valence-electron chi connectivity index (χ2n) is 4.34. The average Bonchev–Trinajstić information content (AvgIpc) is 2.26. The lowest BCUT2D eigenvalue weighted by atomic mass is 10.00. The molecule has 0 spiro atoms. The van der Waals surface area contributed by atoms with Gasteiger partial charge in [0.05, 0.1) is 12.4 Å². The summed E-state index contributed by atoms with van der Waals surface area (Å²) in [5, 5.41) is 0. The van der Waals surface area contributed by atoms with Crippen LogP contribution in [-0.2, 0) is 14.8 Å². The molecule has 0 bridgehead atoms. The zero-order valence-corrected chi connectivity index (χ0v) is 12.1.